The molecule has 0 aromatic heterocycles. The first-order valence-electron chi connectivity index (χ1n) is 10.5. The smallest absolute Gasteiger partial charge is 0.407 e. The van der Waals surface area contributed by atoms with Crippen molar-refractivity contribution in [3.05, 3.63) is 59.7 Å². The highest BCUT2D eigenvalue weighted by atomic mass is 16.5. The van der Waals surface area contributed by atoms with Crippen LogP contribution in [0.4, 0.5) is 4.79 Å². The number of hydrogen-bond donors (Lipinski definition) is 2. The molecule has 2 aromatic rings. The Morgan fingerprint density at radius 3 is 2.19 bits per heavy atom. The number of carbonyl (C=O) groups is 3. The van der Waals surface area contributed by atoms with E-state index in [1.165, 1.54) is 4.90 Å². The summed E-state index contributed by atoms with van der Waals surface area (Å²) in [5, 5.41) is 11.5. The van der Waals surface area contributed by atoms with Gasteiger partial charge >= 0.3 is 12.1 Å². The largest absolute Gasteiger partial charge is 0.481 e. The Bertz CT molecular complexity index is 913. The molecule has 2 aromatic carbocycles. The molecule has 0 fully saturated rings. The number of aliphatic carboxylic acids is 1. The molecule has 0 aliphatic heterocycles. The summed E-state index contributed by atoms with van der Waals surface area (Å²) in [6.45, 7) is 2.22. The van der Waals surface area contributed by atoms with Gasteiger partial charge in [-0.3, -0.25) is 9.59 Å². The van der Waals surface area contributed by atoms with Crippen molar-refractivity contribution in [3.8, 4) is 11.1 Å². The van der Waals surface area contributed by atoms with Crippen LogP contribution in [0.15, 0.2) is 48.5 Å². The van der Waals surface area contributed by atoms with Crippen LogP contribution in [0.2, 0.25) is 0 Å². The second kappa shape index (κ2) is 10.1. The lowest BCUT2D eigenvalue weighted by Crippen LogP contribution is -2.40. The molecule has 0 radical (unpaired) electrons. The third-order valence-electron chi connectivity index (χ3n) is 5.67. The number of rotatable bonds is 9. The zero-order valence-corrected chi connectivity index (χ0v) is 17.8. The van der Waals surface area contributed by atoms with E-state index in [2.05, 4.69) is 29.6 Å². The quantitative estimate of drug-likeness (QED) is 0.641. The molecule has 0 spiro atoms. The molecule has 1 aliphatic rings. The highest BCUT2D eigenvalue weighted by Gasteiger charge is 2.29. The van der Waals surface area contributed by atoms with Gasteiger partial charge in [0, 0.05) is 32.0 Å². The minimum Gasteiger partial charge on any atom is -0.481 e. The normalized spacial score (nSPS) is 13.1. The van der Waals surface area contributed by atoms with Crippen molar-refractivity contribution in [2.45, 2.75) is 38.1 Å². The standard InChI is InChI=1S/C24H28N2O5/c1-3-16(14-22(27)26(2)13-12-23(28)29)25-24(30)31-15-21-19-10-6-4-8-17(19)18-9-5-7-11-20(18)21/h4-11,16,21H,3,12-15H2,1-2H3,(H,25,30)(H,28,29)/t16-/m1/s1. The minimum atomic E-state index is -0.955. The summed E-state index contributed by atoms with van der Waals surface area (Å²) in [4.78, 5) is 36.8. The van der Waals surface area contributed by atoms with E-state index in [4.69, 9.17) is 9.84 Å². The lowest BCUT2D eigenvalue weighted by molar-refractivity contribution is -0.138. The molecule has 0 saturated heterocycles. The molecule has 1 atom stereocenters. The first-order valence-corrected chi connectivity index (χ1v) is 10.5. The fourth-order valence-corrected chi connectivity index (χ4v) is 3.86. The monoisotopic (exact) mass is 424 g/mol. The van der Waals surface area contributed by atoms with Gasteiger partial charge < -0.3 is 20.1 Å². The molecule has 2 N–H and O–H groups in total. The van der Waals surface area contributed by atoms with Crippen molar-refractivity contribution in [1.82, 2.24) is 10.2 Å². The number of carboxylic acid groups (broad SMARTS) is 1. The predicted octanol–water partition coefficient (Wildman–Crippen LogP) is 3.63. The zero-order valence-electron chi connectivity index (χ0n) is 17.8. The van der Waals surface area contributed by atoms with Gasteiger partial charge in [-0.2, -0.15) is 0 Å². The second-order valence-corrected chi connectivity index (χ2v) is 7.74. The van der Waals surface area contributed by atoms with Gasteiger partial charge in [0.25, 0.3) is 0 Å². The number of nitrogens with zero attached hydrogens (tertiary/aromatic N) is 1. The molecule has 1 aliphatic carbocycles. The van der Waals surface area contributed by atoms with E-state index in [1.807, 2.05) is 31.2 Å². The molecule has 31 heavy (non-hydrogen) atoms. The molecule has 7 nitrogen and oxygen atoms in total. The summed E-state index contributed by atoms with van der Waals surface area (Å²) in [6, 6.07) is 15.9. The Labute approximate surface area is 182 Å². The Hall–Kier alpha value is -3.35. The summed E-state index contributed by atoms with van der Waals surface area (Å²) >= 11 is 0. The van der Waals surface area contributed by atoms with Gasteiger partial charge in [-0.05, 0) is 28.7 Å². The lowest BCUT2D eigenvalue weighted by Gasteiger charge is -2.22. The van der Waals surface area contributed by atoms with Crippen LogP contribution >= 0.6 is 0 Å². The van der Waals surface area contributed by atoms with Crippen LogP contribution in [0.25, 0.3) is 11.1 Å². The molecule has 0 unspecified atom stereocenters. The SMILES string of the molecule is CC[C@H](CC(=O)N(C)CCC(=O)O)NC(=O)OCC1c2ccccc2-c2ccccc21. The average molecular weight is 424 g/mol. The highest BCUT2D eigenvalue weighted by Crippen LogP contribution is 2.44. The number of hydrogen-bond acceptors (Lipinski definition) is 4. The van der Waals surface area contributed by atoms with E-state index in [1.54, 1.807) is 7.05 Å². The van der Waals surface area contributed by atoms with E-state index < -0.39 is 12.1 Å². The summed E-state index contributed by atoms with van der Waals surface area (Å²) < 4.78 is 5.54. The number of carboxylic acids is 1. The number of carbonyl (C=O) groups excluding carboxylic acids is 2. The number of alkyl carbamates (subject to hydrolysis) is 1. The number of amides is 2. The maximum Gasteiger partial charge on any atom is 0.407 e. The summed E-state index contributed by atoms with van der Waals surface area (Å²) in [7, 11) is 1.56. The van der Waals surface area contributed by atoms with Crippen molar-refractivity contribution in [2.75, 3.05) is 20.2 Å². The summed E-state index contributed by atoms with van der Waals surface area (Å²) in [5.41, 5.74) is 4.60. The number of nitrogens with one attached hydrogen (secondary N) is 1. The number of benzene rings is 2. The molecule has 3 rings (SSSR count). The Kier molecular flexibility index (Phi) is 7.28. The second-order valence-electron chi connectivity index (χ2n) is 7.74. The van der Waals surface area contributed by atoms with Crippen molar-refractivity contribution in [1.29, 1.82) is 0 Å². The molecule has 0 saturated carbocycles. The van der Waals surface area contributed by atoms with Crippen molar-refractivity contribution < 1.29 is 24.2 Å². The Balaban J connectivity index is 1.56. The van der Waals surface area contributed by atoms with Crippen LogP contribution < -0.4 is 5.32 Å². The number of ether oxygens (including phenoxy) is 1. The van der Waals surface area contributed by atoms with Crippen LogP contribution in [0.5, 0.6) is 0 Å². The van der Waals surface area contributed by atoms with Gasteiger partial charge in [-0.1, -0.05) is 55.5 Å². The Morgan fingerprint density at radius 1 is 1.06 bits per heavy atom. The van der Waals surface area contributed by atoms with Gasteiger partial charge in [-0.15, -0.1) is 0 Å². The van der Waals surface area contributed by atoms with E-state index in [9.17, 15) is 14.4 Å². The summed E-state index contributed by atoms with van der Waals surface area (Å²) in [6.07, 6.45) is -0.0204. The van der Waals surface area contributed by atoms with Crippen LogP contribution in [0.3, 0.4) is 0 Å². The van der Waals surface area contributed by atoms with Crippen molar-refractivity contribution >= 4 is 18.0 Å². The third-order valence-corrected chi connectivity index (χ3v) is 5.67. The van der Waals surface area contributed by atoms with Crippen molar-refractivity contribution in [3.63, 3.8) is 0 Å². The van der Waals surface area contributed by atoms with Gasteiger partial charge in [0.15, 0.2) is 0 Å². The van der Waals surface area contributed by atoms with Crippen LogP contribution in [-0.2, 0) is 14.3 Å². The minimum absolute atomic E-state index is 0.0259. The van der Waals surface area contributed by atoms with E-state index >= 15 is 0 Å². The molecular weight excluding hydrogens is 396 g/mol. The van der Waals surface area contributed by atoms with Gasteiger partial charge in [-0.25, -0.2) is 4.79 Å². The maximum atomic E-state index is 12.4. The van der Waals surface area contributed by atoms with E-state index in [0.29, 0.717) is 6.42 Å². The third kappa shape index (κ3) is 5.42. The fraction of sp³-hybridized carbons (Fsp3) is 0.375. The maximum absolute atomic E-state index is 12.4. The number of fused-ring (bicyclic) bond motifs is 3. The first kappa shape index (κ1) is 22.3. The van der Waals surface area contributed by atoms with Crippen molar-refractivity contribution in [2.24, 2.45) is 0 Å². The van der Waals surface area contributed by atoms with Crippen LogP contribution in [0.1, 0.15) is 43.2 Å². The highest BCUT2D eigenvalue weighted by molar-refractivity contribution is 5.80. The van der Waals surface area contributed by atoms with Crippen LogP contribution in [-0.4, -0.2) is 54.2 Å². The molecule has 2 amide bonds. The lowest BCUT2D eigenvalue weighted by atomic mass is 9.98. The van der Waals surface area contributed by atoms with E-state index in [-0.39, 0.29) is 43.9 Å². The fourth-order valence-electron chi connectivity index (χ4n) is 3.86. The average Bonchev–Trinajstić information content (AvgIpc) is 3.09. The van der Waals surface area contributed by atoms with Gasteiger partial charge in [0.1, 0.15) is 6.61 Å². The molecule has 0 heterocycles. The molecule has 7 heteroatoms. The van der Waals surface area contributed by atoms with Gasteiger partial charge in [0.05, 0.1) is 6.42 Å². The van der Waals surface area contributed by atoms with Crippen LogP contribution in [0, 0.1) is 0 Å². The van der Waals surface area contributed by atoms with E-state index in [0.717, 1.165) is 22.3 Å². The topological polar surface area (TPSA) is 95.9 Å². The predicted molar refractivity (Wildman–Crippen MR) is 117 cm³/mol. The zero-order chi connectivity index (χ0) is 22.4. The molecular formula is C24H28N2O5. The first-order chi connectivity index (χ1) is 14.9. The van der Waals surface area contributed by atoms with Gasteiger partial charge in [0.2, 0.25) is 5.91 Å². The molecule has 0 bridgehead atoms. The molecule has 164 valence electrons. The summed E-state index contributed by atoms with van der Waals surface area (Å²) in [5.74, 6) is -1.20. The Morgan fingerprint density at radius 2 is 1.65 bits per heavy atom.